The number of fused-ring (bicyclic) bond motifs is 1. The summed E-state index contributed by atoms with van der Waals surface area (Å²) in [6.45, 7) is 11.8. The van der Waals surface area contributed by atoms with Gasteiger partial charge in [0, 0.05) is 39.1 Å². The van der Waals surface area contributed by atoms with E-state index in [-0.39, 0.29) is 5.91 Å². The van der Waals surface area contributed by atoms with Crippen molar-refractivity contribution < 1.29 is 9.53 Å². The van der Waals surface area contributed by atoms with Crippen LogP contribution in [-0.2, 0) is 22.6 Å². The van der Waals surface area contributed by atoms with E-state index in [1.807, 2.05) is 18.7 Å². The van der Waals surface area contributed by atoms with Crippen LogP contribution >= 0.6 is 0 Å². The molecule has 5 heteroatoms. The summed E-state index contributed by atoms with van der Waals surface area (Å²) in [6.07, 6.45) is 2.12. The fourth-order valence-electron chi connectivity index (χ4n) is 3.10. The summed E-state index contributed by atoms with van der Waals surface area (Å²) in [6, 6.07) is 0. The molecule has 1 amide bonds. The first kappa shape index (κ1) is 16.0. The van der Waals surface area contributed by atoms with E-state index in [9.17, 15) is 4.79 Å². The van der Waals surface area contributed by atoms with E-state index in [0.717, 1.165) is 44.8 Å². The van der Waals surface area contributed by atoms with Crippen LogP contribution in [-0.4, -0.2) is 40.1 Å². The van der Waals surface area contributed by atoms with Crippen molar-refractivity contribution in [1.82, 2.24) is 14.5 Å². The van der Waals surface area contributed by atoms with Gasteiger partial charge in [0.2, 0.25) is 5.91 Å². The minimum absolute atomic E-state index is 0.152. The molecule has 0 saturated carbocycles. The zero-order valence-corrected chi connectivity index (χ0v) is 13.7. The predicted octanol–water partition coefficient (Wildman–Crippen LogP) is 2.47. The van der Waals surface area contributed by atoms with Crippen molar-refractivity contribution >= 4 is 5.91 Å². The van der Waals surface area contributed by atoms with E-state index >= 15 is 0 Å². The van der Waals surface area contributed by atoms with Crippen molar-refractivity contribution in [1.29, 1.82) is 0 Å². The molecular weight excluding hydrogens is 266 g/mol. The molecule has 3 rings (SSSR count). The number of carbonyl (C=O) groups excluding carboxylic acids is 1. The van der Waals surface area contributed by atoms with Gasteiger partial charge in [-0.2, -0.15) is 0 Å². The van der Waals surface area contributed by atoms with Gasteiger partial charge in [0.15, 0.2) is 0 Å². The number of hydrogen-bond acceptors (Lipinski definition) is 3. The van der Waals surface area contributed by atoms with Gasteiger partial charge in [-0.05, 0) is 19.8 Å². The van der Waals surface area contributed by atoms with E-state index in [4.69, 9.17) is 9.72 Å². The highest BCUT2D eigenvalue weighted by molar-refractivity contribution is 5.73. The first-order valence-corrected chi connectivity index (χ1v) is 8.06. The summed E-state index contributed by atoms with van der Waals surface area (Å²) in [5.41, 5.74) is 2.29. The molecule has 0 atom stereocenters. The van der Waals surface area contributed by atoms with Gasteiger partial charge in [0.05, 0.1) is 17.9 Å². The third-order valence-corrected chi connectivity index (χ3v) is 4.27. The summed E-state index contributed by atoms with van der Waals surface area (Å²) in [4.78, 5) is 18.2. The Morgan fingerprint density at radius 3 is 2.52 bits per heavy atom. The molecule has 0 aromatic carbocycles. The van der Waals surface area contributed by atoms with Gasteiger partial charge in [-0.15, -0.1) is 0 Å². The van der Waals surface area contributed by atoms with Crippen molar-refractivity contribution in [3.63, 3.8) is 0 Å². The number of rotatable bonds is 1. The van der Waals surface area contributed by atoms with Crippen LogP contribution in [0.3, 0.4) is 0 Å². The summed E-state index contributed by atoms with van der Waals surface area (Å²) in [7, 11) is 0. The Morgan fingerprint density at radius 2 is 1.90 bits per heavy atom. The van der Waals surface area contributed by atoms with Gasteiger partial charge in [-0.1, -0.05) is 13.8 Å². The average Bonchev–Trinajstić information content (AvgIpc) is 2.87. The van der Waals surface area contributed by atoms with Crippen LogP contribution < -0.4 is 0 Å². The van der Waals surface area contributed by atoms with Gasteiger partial charge in [0.25, 0.3) is 0 Å². The lowest BCUT2D eigenvalue weighted by Gasteiger charge is -2.30. The second-order valence-electron chi connectivity index (χ2n) is 5.48. The van der Waals surface area contributed by atoms with Crippen LogP contribution in [0.25, 0.3) is 0 Å². The lowest BCUT2D eigenvalue weighted by Crippen LogP contribution is -2.37. The fraction of sp³-hybridized carbons (Fsp3) is 0.750. The van der Waals surface area contributed by atoms with Crippen molar-refractivity contribution in [3.05, 3.63) is 17.2 Å². The molecule has 3 heterocycles. The summed E-state index contributed by atoms with van der Waals surface area (Å²) in [5.74, 6) is 1.88. The number of ether oxygens (including phenoxy) is 1. The third kappa shape index (κ3) is 3.28. The maximum absolute atomic E-state index is 11.5. The first-order chi connectivity index (χ1) is 10.2. The molecule has 2 aliphatic heterocycles. The number of hydrogen-bond donors (Lipinski definition) is 0. The van der Waals surface area contributed by atoms with E-state index < -0.39 is 0 Å². The Hall–Kier alpha value is -1.36. The minimum atomic E-state index is 0.152. The summed E-state index contributed by atoms with van der Waals surface area (Å²) < 4.78 is 7.77. The molecule has 5 nitrogen and oxygen atoms in total. The number of aromatic nitrogens is 2. The van der Waals surface area contributed by atoms with Crippen LogP contribution in [0.15, 0.2) is 0 Å². The van der Waals surface area contributed by atoms with Crippen molar-refractivity contribution in [2.45, 2.75) is 59.5 Å². The molecule has 118 valence electrons. The van der Waals surface area contributed by atoms with Crippen LogP contribution in [0, 0.1) is 6.92 Å². The van der Waals surface area contributed by atoms with Crippen LogP contribution in [0.5, 0.6) is 0 Å². The zero-order valence-electron chi connectivity index (χ0n) is 13.7. The molecule has 0 radical (unpaired) electrons. The number of aryl methyl sites for hydroxylation is 1. The number of carbonyl (C=O) groups is 1. The first-order valence-electron chi connectivity index (χ1n) is 8.06. The Morgan fingerprint density at radius 1 is 1.24 bits per heavy atom. The van der Waals surface area contributed by atoms with Crippen LogP contribution in [0.1, 0.15) is 56.7 Å². The van der Waals surface area contributed by atoms with Crippen LogP contribution in [0.4, 0.5) is 0 Å². The quantitative estimate of drug-likeness (QED) is 0.799. The van der Waals surface area contributed by atoms with Gasteiger partial charge in [-0.3, -0.25) is 4.79 Å². The maximum atomic E-state index is 11.5. The second kappa shape index (κ2) is 7.07. The van der Waals surface area contributed by atoms with Gasteiger partial charge in [-0.25, -0.2) is 4.98 Å². The van der Waals surface area contributed by atoms with Crippen molar-refractivity contribution in [2.75, 3.05) is 19.8 Å². The highest BCUT2D eigenvalue weighted by Crippen LogP contribution is 2.30. The van der Waals surface area contributed by atoms with Crippen molar-refractivity contribution in [3.8, 4) is 0 Å². The fourth-order valence-corrected chi connectivity index (χ4v) is 3.10. The Labute approximate surface area is 127 Å². The molecule has 1 aromatic rings. The van der Waals surface area contributed by atoms with Gasteiger partial charge in [0.1, 0.15) is 5.82 Å². The minimum Gasteiger partial charge on any atom is -0.381 e. The standard InChI is InChI=1S/C14H21N3O2.C2H6/c1-10-13-9-16(11(2)18)5-6-17(13)14(15-10)12-3-7-19-8-4-12;1-2/h12H,3-9H2,1-2H3;1-2H3. The number of amides is 1. The molecule has 1 fully saturated rings. The highest BCUT2D eigenvalue weighted by atomic mass is 16.5. The topological polar surface area (TPSA) is 47.4 Å². The van der Waals surface area contributed by atoms with Crippen LogP contribution in [0.2, 0.25) is 0 Å². The highest BCUT2D eigenvalue weighted by Gasteiger charge is 2.28. The Bertz CT molecular complexity index is 490. The molecule has 2 aliphatic rings. The monoisotopic (exact) mass is 293 g/mol. The zero-order chi connectivity index (χ0) is 15.4. The molecule has 21 heavy (non-hydrogen) atoms. The molecule has 1 aromatic heterocycles. The molecule has 0 N–H and O–H groups in total. The predicted molar refractivity (Wildman–Crippen MR) is 82.2 cm³/mol. The molecular formula is C16H27N3O2. The Kier molecular flexibility index (Phi) is 5.39. The molecule has 0 spiro atoms. The summed E-state index contributed by atoms with van der Waals surface area (Å²) in [5, 5.41) is 0. The lowest BCUT2D eigenvalue weighted by atomic mass is 9.99. The largest absolute Gasteiger partial charge is 0.381 e. The third-order valence-electron chi connectivity index (χ3n) is 4.27. The van der Waals surface area contributed by atoms with E-state index in [1.165, 1.54) is 11.5 Å². The lowest BCUT2D eigenvalue weighted by molar-refractivity contribution is -0.130. The summed E-state index contributed by atoms with van der Waals surface area (Å²) >= 11 is 0. The van der Waals surface area contributed by atoms with E-state index in [1.54, 1.807) is 6.92 Å². The SMILES string of the molecule is CC.CC(=O)N1CCn2c(C3CCOCC3)nc(C)c2C1. The molecule has 0 unspecified atom stereocenters. The molecule has 0 bridgehead atoms. The maximum Gasteiger partial charge on any atom is 0.219 e. The van der Waals surface area contributed by atoms with E-state index in [0.29, 0.717) is 12.5 Å². The second-order valence-corrected chi connectivity index (χ2v) is 5.48. The normalized spacial score (nSPS) is 18.8. The average molecular weight is 293 g/mol. The van der Waals surface area contributed by atoms with Crippen molar-refractivity contribution in [2.24, 2.45) is 0 Å². The number of nitrogens with zero attached hydrogens (tertiary/aromatic N) is 3. The smallest absolute Gasteiger partial charge is 0.219 e. The Balaban J connectivity index is 0.000000774. The van der Waals surface area contributed by atoms with E-state index in [2.05, 4.69) is 11.5 Å². The van der Waals surface area contributed by atoms with Gasteiger partial charge >= 0.3 is 0 Å². The van der Waals surface area contributed by atoms with Gasteiger partial charge < -0.3 is 14.2 Å². The molecule has 1 saturated heterocycles. The number of imidazole rings is 1. The molecule has 0 aliphatic carbocycles.